The molecule has 2 heterocycles. The van der Waals surface area contributed by atoms with E-state index in [0.29, 0.717) is 5.75 Å². The van der Waals surface area contributed by atoms with Crippen molar-refractivity contribution < 1.29 is 26.7 Å². The Bertz CT molecular complexity index is 1120. The van der Waals surface area contributed by atoms with Crippen molar-refractivity contribution in [1.29, 1.82) is 0 Å². The summed E-state index contributed by atoms with van der Waals surface area (Å²) in [6.45, 7) is 0. The van der Waals surface area contributed by atoms with E-state index in [2.05, 4.69) is 4.99 Å². The zero-order valence-electron chi connectivity index (χ0n) is 15.9. The molecular weight excluding hydrogens is 434 g/mol. The summed E-state index contributed by atoms with van der Waals surface area (Å²) in [6.07, 6.45) is 0.0292. The first-order chi connectivity index (χ1) is 14.3. The summed E-state index contributed by atoms with van der Waals surface area (Å²) < 4.78 is 57.1. The molecule has 2 saturated heterocycles. The predicted molar refractivity (Wildman–Crippen MR) is 112 cm³/mol. The van der Waals surface area contributed by atoms with Gasteiger partial charge in [0.1, 0.15) is 17.4 Å². The molecule has 0 saturated carbocycles. The summed E-state index contributed by atoms with van der Waals surface area (Å²) >= 11 is 1.14. The summed E-state index contributed by atoms with van der Waals surface area (Å²) in [7, 11) is -1.74. The smallest absolute Gasteiger partial charge is 0.252 e. The van der Waals surface area contributed by atoms with E-state index in [1.807, 2.05) is 0 Å². The molecule has 2 fully saturated rings. The van der Waals surface area contributed by atoms with Crippen molar-refractivity contribution in [1.82, 2.24) is 0 Å². The Morgan fingerprint density at radius 3 is 2.60 bits per heavy atom. The van der Waals surface area contributed by atoms with Crippen LogP contribution in [0.25, 0.3) is 0 Å². The van der Waals surface area contributed by atoms with Crippen molar-refractivity contribution in [2.45, 2.75) is 17.7 Å². The lowest BCUT2D eigenvalue weighted by atomic mass is 10.1. The molecule has 0 unspecified atom stereocenters. The van der Waals surface area contributed by atoms with Gasteiger partial charge in [0.15, 0.2) is 15.0 Å². The van der Waals surface area contributed by atoms with E-state index in [1.165, 1.54) is 11.0 Å². The number of amides is 1. The fraction of sp³-hybridized carbons (Fsp3) is 0.300. The number of methoxy groups -OCH3 is 1. The second-order valence-electron chi connectivity index (χ2n) is 7.08. The molecule has 0 spiro atoms. The molecule has 6 nitrogen and oxygen atoms in total. The molecule has 2 aromatic carbocycles. The molecule has 1 amide bonds. The lowest BCUT2D eigenvalue weighted by molar-refractivity contribution is -0.117. The normalized spacial score (nSPS) is 23.6. The van der Waals surface area contributed by atoms with E-state index >= 15 is 0 Å². The first kappa shape index (κ1) is 20.8. The minimum Gasteiger partial charge on any atom is -0.497 e. The van der Waals surface area contributed by atoms with Crippen LogP contribution < -0.4 is 9.64 Å². The first-order valence-corrected chi connectivity index (χ1v) is 11.8. The molecule has 2 aliphatic rings. The molecule has 2 aliphatic heterocycles. The van der Waals surface area contributed by atoms with Gasteiger partial charge in [0.2, 0.25) is 0 Å². The fourth-order valence-corrected chi connectivity index (χ4v) is 7.51. The number of benzene rings is 2. The number of fused-ring (bicyclic) bond motifs is 1. The monoisotopic (exact) mass is 452 g/mol. The Labute approximate surface area is 176 Å². The third-order valence-corrected chi connectivity index (χ3v) is 8.18. The SMILES string of the molecule is COc1ccc(CC(=O)N=C2S[C@@H]3CS(=O)(=O)C[C@@H]3N2c2ccc(F)cc2F)cc1. The average Bonchev–Trinajstić information content (AvgIpc) is 3.13. The molecule has 2 atom stereocenters. The summed E-state index contributed by atoms with van der Waals surface area (Å²) in [5.41, 5.74) is 0.736. The molecule has 10 heteroatoms. The van der Waals surface area contributed by atoms with Crippen LogP contribution in [-0.4, -0.2) is 49.4 Å². The van der Waals surface area contributed by atoms with E-state index in [9.17, 15) is 22.0 Å². The largest absolute Gasteiger partial charge is 0.497 e. The Kier molecular flexibility index (Phi) is 5.54. The van der Waals surface area contributed by atoms with Crippen LogP contribution in [0.2, 0.25) is 0 Å². The van der Waals surface area contributed by atoms with Crippen LogP contribution in [0.1, 0.15) is 5.56 Å². The average molecular weight is 453 g/mol. The van der Waals surface area contributed by atoms with Crippen LogP contribution in [-0.2, 0) is 21.1 Å². The second-order valence-corrected chi connectivity index (χ2v) is 10.4. The van der Waals surface area contributed by atoms with Crippen molar-refractivity contribution in [2.75, 3.05) is 23.5 Å². The van der Waals surface area contributed by atoms with Gasteiger partial charge < -0.3 is 9.64 Å². The zero-order valence-corrected chi connectivity index (χ0v) is 17.6. The lowest BCUT2D eigenvalue weighted by Gasteiger charge is -2.24. The van der Waals surface area contributed by atoms with Crippen LogP contribution in [0.15, 0.2) is 47.5 Å². The van der Waals surface area contributed by atoms with Gasteiger partial charge in [0.25, 0.3) is 5.91 Å². The highest BCUT2D eigenvalue weighted by molar-refractivity contribution is 8.16. The van der Waals surface area contributed by atoms with E-state index in [4.69, 9.17) is 4.74 Å². The number of thioether (sulfide) groups is 1. The highest BCUT2D eigenvalue weighted by Gasteiger charge is 2.50. The summed E-state index contributed by atoms with van der Waals surface area (Å²) in [5.74, 6) is -1.61. The van der Waals surface area contributed by atoms with Crippen LogP contribution in [0.4, 0.5) is 14.5 Å². The standard InChI is InChI=1S/C20H18F2N2O4S2/c1-28-14-5-2-12(3-6-14)8-19(25)23-20-24(16-7-4-13(21)9-15(16)22)17-10-30(26,27)11-18(17)29-20/h2-7,9,17-18H,8,10-11H2,1H3/t17-,18+/m0/s1. The number of halogens is 2. The van der Waals surface area contributed by atoms with E-state index < -0.39 is 33.4 Å². The van der Waals surface area contributed by atoms with Gasteiger partial charge in [-0.2, -0.15) is 4.99 Å². The topological polar surface area (TPSA) is 76.0 Å². The molecule has 158 valence electrons. The van der Waals surface area contributed by atoms with Gasteiger partial charge in [-0.25, -0.2) is 17.2 Å². The van der Waals surface area contributed by atoms with Gasteiger partial charge in [-0.15, -0.1) is 0 Å². The maximum atomic E-state index is 14.5. The number of rotatable bonds is 4. The van der Waals surface area contributed by atoms with E-state index in [0.717, 1.165) is 29.5 Å². The van der Waals surface area contributed by atoms with Crippen LogP contribution in [0.5, 0.6) is 5.75 Å². The Balaban J connectivity index is 1.63. The lowest BCUT2D eigenvalue weighted by Crippen LogP contribution is -2.38. The molecule has 30 heavy (non-hydrogen) atoms. The molecular formula is C20H18F2N2O4S2. The van der Waals surface area contributed by atoms with Crippen molar-refractivity contribution >= 4 is 38.4 Å². The van der Waals surface area contributed by atoms with Crippen molar-refractivity contribution in [3.05, 3.63) is 59.7 Å². The van der Waals surface area contributed by atoms with Gasteiger partial charge in [-0.3, -0.25) is 4.79 Å². The molecule has 0 aliphatic carbocycles. The number of carbonyl (C=O) groups is 1. The molecule has 2 aromatic rings. The summed E-state index contributed by atoms with van der Waals surface area (Å²) in [6, 6.07) is 9.46. The van der Waals surface area contributed by atoms with Gasteiger partial charge in [-0.05, 0) is 29.8 Å². The molecule has 4 rings (SSSR count). The minimum atomic E-state index is -3.29. The van der Waals surface area contributed by atoms with Crippen LogP contribution in [0, 0.1) is 11.6 Å². The predicted octanol–water partition coefficient (Wildman–Crippen LogP) is 2.82. The summed E-state index contributed by atoms with van der Waals surface area (Å²) in [4.78, 5) is 18.1. The molecule has 0 bridgehead atoms. The maximum absolute atomic E-state index is 14.5. The minimum absolute atomic E-state index is 0.00416. The maximum Gasteiger partial charge on any atom is 0.252 e. The van der Waals surface area contributed by atoms with E-state index in [-0.39, 0.29) is 34.0 Å². The van der Waals surface area contributed by atoms with Crippen molar-refractivity contribution in [3.63, 3.8) is 0 Å². The molecule has 0 radical (unpaired) electrons. The van der Waals surface area contributed by atoms with Crippen molar-refractivity contribution in [2.24, 2.45) is 4.99 Å². The number of hydrogen-bond donors (Lipinski definition) is 0. The molecule has 0 aromatic heterocycles. The number of amidine groups is 1. The molecule has 0 N–H and O–H groups in total. The van der Waals surface area contributed by atoms with Crippen LogP contribution >= 0.6 is 11.8 Å². The Morgan fingerprint density at radius 1 is 1.20 bits per heavy atom. The third-order valence-electron chi connectivity index (χ3n) is 4.97. The van der Waals surface area contributed by atoms with Gasteiger partial charge in [0.05, 0.1) is 36.8 Å². The first-order valence-electron chi connectivity index (χ1n) is 9.11. The number of anilines is 1. The highest BCUT2D eigenvalue weighted by atomic mass is 32.2. The third kappa shape index (κ3) is 4.20. The van der Waals surface area contributed by atoms with Gasteiger partial charge in [-0.1, -0.05) is 23.9 Å². The fourth-order valence-electron chi connectivity index (χ4n) is 3.59. The number of sulfone groups is 1. The summed E-state index contributed by atoms with van der Waals surface area (Å²) in [5, 5.41) is -0.143. The second kappa shape index (κ2) is 7.99. The number of aliphatic imine (C=N–C) groups is 1. The number of carbonyl (C=O) groups excluding carboxylic acids is 1. The Morgan fingerprint density at radius 2 is 1.93 bits per heavy atom. The number of hydrogen-bond acceptors (Lipinski definition) is 5. The number of nitrogens with zero attached hydrogens (tertiary/aromatic N) is 2. The van der Waals surface area contributed by atoms with Gasteiger partial charge in [0, 0.05) is 11.3 Å². The zero-order chi connectivity index (χ0) is 21.5. The van der Waals surface area contributed by atoms with Crippen molar-refractivity contribution in [3.8, 4) is 5.75 Å². The number of ether oxygens (including phenoxy) is 1. The van der Waals surface area contributed by atoms with E-state index in [1.54, 1.807) is 31.4 Å². The van der Waals surface area contributed by atoms with Crippen LogP contribution in [0.3, 0.4) is 0 Å². The Hall–Kier alpha value is -2.46. The highest BCUT2D eigenvalue weighted by Crippen LogP contribution is 2.41. The quantitative estimate of drug-likeness (QED) is 0.710. The van der Waals surface area contributed by atoms with Gasteiger partial charge >= 0.3 is 0 Å².